The molecule has 0 bridgehead atoms. The SMILES string of the molecule is CC(C)NCCCOc1ccc(OCCS(=O)(=O)CC2CC2)cc1. The van der Waals surface area contributed by atoms with Crippen molar-refractivity contribution in [1.29, 1.82) is 0 Å². The van der Waals surface area contributed by atoms with E-state index in [0.717, 1.165) is 31.6 Å². The molecule has 0 amide bonds. The van der Waals surface area contributed by atoms with E-state index in [1.807, 2.05) is 24.3 Å². The van der Waals surface area contributed by atoms with Crippen LogP contribution in [0.25, 0.3) is 0 Å². The van der Waals surface area contributed by atoms with E-state index in [0.29, 0.717) is 30.1 Å². The van der Waals surface area contributed by atoms with Gasteiger partial charge in [0, 0.05) is 6.04 Å². The van der Waals surface area contributed by atoms with Crippen molar-refractivity contribution in [1.82, 2.24) is 5.32 Å². The van der Waals surface area contributed by atoms with Crippen LogP contribution in [0.1, 0.15) is 33.1 Å². The largest absolute Gasteiger partial charge is 0.494 e. The Bertz CT molecular complexity index is 580. The van der Waals surface area contributed by atoms with Gasteiger partial charge in [-0.15, -0.1) is 0 Å². The van der Waals surface area contributed by atoms with Gasteiger partial charge in [0.25, 0.3) is 0 Å². The molecule has 0 spiro atoms. The average Bonchev–Trinajstić information content (AvgIpc) is 3.31. The van der Waals surface area contributed by atoms with Gasteiger partial charge in [0.05, 0.1) is 18.1 Å². The second kappa shape index (κ2) is 9.28. The number of hydrogen-bond acceptors (Lipinski definition) is 5. The molecule has 24 heavy (non-hydrogen) atoms. The second-order valence-corrected chi connectivity index (χ2v) is 8.92. The molecule has 1 aromatic rings. The average molecular weight is 356 g/mol. The van der Waals surface area contributed by atoms with E-state index in [2.05, 4.69) is 19.2 Å². The zero-order valence-electron chi connectivity index (χ0n) is 14.7. The minimum Gasteiger partial charge on any atom is -0.494 e. The number of ether oxygens (including phenoxy) is 2. The third-order valence-corrected chi connectivity index (χ3v) is 5.58. The van der Waals surface area contributed by atoms with Crippen molar-refractivity contribution in [2.24, 2.45) is 5.92 Å². The van der Waals surface area contributed by atoms with Gasteiger partial charge in [0.1, 0.15) is 18.1 Å². The van der Waals surface area contributed by atoms with Crippen molar-refractivity contribution in [2.45, 2.75) is 39.2 Å². The molecule has 0 saturated heterocycles. The Labute approximate surface area is 145 Å². The minimum atomic E-state index is -2.98. The Morgan fingerprint density at radius 2 is 1.67 bits per heavy atom. The first-order valence-electron chi connectivity index (χ1n) is 8.74. The van der Waals surface area contributed by atoms with Gasteiger partial charge in [-0.05, 0) is 56.0 Å². The van der Waals surface area contributed by atoms with Crippen molar-refractivity contribution in [3.8, 4) is 11.5 Å². The molecule has 1 aliphatic carbocycles. The monoisotopic (exact) mass is 355 g/mol. The first-order valence-corrected chi connectivity index (χ1v) is 10.6. The van der Waals surface area contributed by atoms with E-state index in [4.69, 9.17) is 9.47 Å². The summed E-state index contributed by atoms with van der Waals surface area (Å²) >= 11 is 0. The molecule has 5 nitrogen and oxygen atoms in total. The lowest BCUT2D eigenvalue weighted by Crippen LogP contribution is -2.24. The van der Waals surface area contributed by atoms with Crippen molar-refractivity contribution < 1.29 is 17.9 Å². The molecular weight excluding hydrogens is 326 g/mol. The normalized spacial score (nSPS) is 14.8. The molecule has 2 rings (SSSR count). The van der Waals surface area contributed by atoms with Crippen LogP contribution in [-0.4, -0.2) is 45.7 Å². The van der Waals surface area contributed by atoms with Crippen molar-refractivity contribution in [3.63, 3.8) is 0 Å². The predicted molar refractivity (Wildman–Crippen MR) is 96.6 cm³/mol. The summed E-state index contributed by atoms with van der Waals surface area (Å²) in [5, 5.41) is 3.34. The van der Waals surface area contributed by atoms with Gasteiger partial charge in [-0.1, -0.05) is 13.8 Å². The molecule has 0 radical (unpaired) electrons. The van der Waals surface area contributed by atoms with Gasteiger partial charge >= 0.3 is 0 Å². The summed E-state index contributed by atoms with van der Waals surface area (Å²) in [6.45, 7) is 6.05. The summed E-state index contributed by atoms with van der Waals surface area (Å²) in [5.41, 5.74) is 0. The van der Waals surface area contributed by atoms with Gasteiger partial charge in [0.2, 0.25) is 0 Å². The van der Waals surface area contributed by atoms with Crippen LogP contribution in [0.4, 0.5) is 0 Å². The van der Waals surface area contributed by atoms with E-state index >= 15 is 0 Å². The smallest absolute Gasteiger partial charge is 0.153 e. The fourth-order valence-corrected chi connectivity index (χ4v) is 3.85. The number of sulfone groups is 1. The van der Waals surface area contributed by atoms with E-state index in [9.17, 15) is 8.42 Å². The third kappa shape index (κ3) is 8.02. The number of nitrogens with one attached hydrogen (secondary N) is 1. The summed E-state index contributed by atoms with van der Waals surface area (Å²) in [7, 11) is -2.98. The summed E-state index contributed by atoms with van der Waals surface area (Å²) in [5.74, 6) is 2.26. The van der Waals surface area contributed by atoms with E-state index in [1.165, 1.54) is 0 Å². The zero-order chi connectivity index (χ0) is 17.4. The summed E-state index contributed by atoms with van der Waals surface area (Å²) < 4.78 is 34.9. The maximum Gasteiger partial charge on any atom is 0.153 e. The van der Waals surface area contributed by atoms with Crippen LogP contribution < -0.4 is 14.8 Å². The van der Waals surface area contributed by atoms with Crippen LogP contribution in [0.3, 0.4) is 0 Å². The van der Waals surface area contributed by atoms with Crippen molar-refractivity contribution >= 4 is 9.84 Å². The molecule has 0 aromatic heterocycles. The standard InChI is InChI=1S/C18H29NO4S/c1-15(2)19-10-3-11-22-17-6-8-18(9-7-17)23-12-13-24(20,21)14-16-4-5-16/h6-9,15-16,19H,3-5,10-14H2,1-2H3. The number of benzene rings is 1. The van der Waals surface area contributed by atoms with Crippen LogP contribution in [0, 0.1) is 5.92 Å². The molecule has 1 N–H and O–H groups in total. The van der Waals surface area contributed by atoms with Gasteiger partial charge in [0.15, 0.2) is 9.84 Å². The van der Waals surface area contributed by atoms with E-state index in [1.54, 1.807) is 0 Å². The van der Waals surface area contributed by atoms with E-state index < -0.39 is 9.84 Å². The topological polar surface area (TPSA) is 64.6 Å². The quantitative estimate of drug-likeness (QED) is 0.584. The lowest BCUT2D eigenvalue weighted by atomic mass is 10.3. The maximum absolute atomic E-state index is 11.8. The Balaban J connectivity index is 1.62. The van der Waals surface area contributed by atoms with Crippen LogP contribution in [0.15, 0.2) is 24.3 Å². The molecule has 0 unspecified atom stereocenters. The minimum absolute atomic E-state index is 0.0879. The highest BCUT2D eigenvalue weighted by molar-refractivity contribution is 7.91. The molecule has 1 fully saturated rings. The van der Waals surface area contributed by atoms with Gasteiger partial charge in [-0.3, -0.25) is 0 Å². The van der Waals surface area contributed by atoms with Crippen LogP contribution in [0.5, 0.6) is 11.5 Å². The maximum atomic E-state index is 11.8. The summed E-state index contributed by atoms with van der Waals surface area (Å²) in [6, 6.07) is 7.83. The van der Waals surface area contributed by atoms with Gasteiger partial charge in [-0.25, -0.2) is 8.42 Å². The molecule has 1 saturated carbocycles. The fraction of sp³-hybridized carbons (Fsp3) is 0.667. The third-order valence-electron chi connectivity index (χ3n) is 3.82. The van der Waals surface area contributed by atoms with Crippen LogP contribution >= 0.6 is 0 Å². The first kappa shape index (κ1) is 19.1. The Hall–Kier alpha value is -1.27. The van der Waals surface area contributed by atoms with Crippen LogP contribution in [-0.2, 0) is 9.84 Å². The highest BCUT2D eigenvalue weighted by Gasteiger charge is 2.27. The molecule has 136 valence electrons. The zero-order valence-corrected chi connectivity index (χ0v) is 15.5. The molecular formula is C18H29NO4S. The first-order chi connectivity index (χ1) is 11.4. The summed E-state index contributed by atoms with van der Waals surface area (Å²) in [4.78, 5) is 0. The predicted octanol–water partition coefficient (Wildman–Crippen LogP) is 2.66. The van der Waals surface area contributed by atoms with Crippen molar-refractivity contribution in [3.05, 3.63) is 24.3 Å². The fourth-order valence-electron chi connectivity index (χ4n) is 2.30. The molecule has 0 aliphatic heterocycles. The highest BCUT2D eigenvalue weighted by atomic mass is 32.2. The van der Waals surface area contributed by atoms with Crippen LogP contribution in [0.2, 0.25) is 0 Å². The Kier molecular flexibility index (Phi) is 7.37. The summed E-state index contributed by atoms with van der Waals surface area (Å²) in [6.07, 6.45) is 3.06. The number of rotatable bonds is 12. The van der Waals surface area contributed by atoms with E-state index in [-0.39, 0.29) is 12.4 Å². The molecule has 1 aliphatic rings. The highest BCUT2D eigenvalue weighted by Crippen LogP contribution is 2.30. The molecule has 6 heteroatoms. The Morgan fingerprint density at radius 1 is 1.08 bits per heavy atom. The van der Waals surface area contributed by atoms with Gasteiger partial charge in [-0.2, -0.15) is 0 Å². The van der Waals surface area contributed by atoms with Gasteiger partial charge < -0.3 is 14.8 Å². The molecule has 0 atom stereocenters. The lowest BCUT2D eigenvalue weighted by molar-refractivity contribution is 0.304. The molecule has 0 heterocycles. The van der Waals surface area contributed by atoms with Crippen molar-refractivity contribution in [2.75, 3.05) is 31.3 Å². The number of hydrogen-bond donors (Lipinski definition) is 1. The molecule has 1 aromatic carbocycles. The Morgan fingerprint density at radius 3 is 2.21 bits per heavy atom. The second-order valence-electron chi connectivity index (χ2n) is 6.69. The lowest BCUT2D eigenvalue weighted by Gasteiger charge is -2.10.